The maximum absolute atomic E-state index is 14.0. The van der Waals surface area contributed by atoms with Crippen LogP contribution in [0, 0.1) is 27.9 Å². The second-order valence-corrected chi connectivity index (χ2v) is 12.6. The fraction of sp³-hybridized carbons (Fsp3) is 0.237. The third-order valence-corrected chi connectivity index (χ3v) is 9.52. The highest BCUT2D eigenvalue weighted by Gasteiger charge is 2.55. The monoisotopic (exact) mass is 695 g/mol. The zero-order valence-electron chi connectivity index (χ0n) is 26.8. The number of rotatable bonds is 12. The summed E-state index contributed by atoms with van der Waals surface area (Å²) in [5, 5.41) is 44.4. The number of carbonyl (C=O) groups is 2. The minimum Gasteiger partial charge on any atom is -0.508 e. The molecule has 3 N–H and O–H groups in total. The fourth-order valence-electron chi connectivity index (χ4n) is 6.87. The number of ether oxygens (including phenoxy) is 1. The number of aromatic hydroxyl groups is 1. The summed E-state index contributed by atoms with van der Waals surface area (Å²) in [5.41, 5.74) is 2.86. The van der Waals surface area contributed by atoms with Gasteiger partial charge >= 0.3 is 0 Å². The molecule has 0 unspecified atom stereocenters. The van der Waals surface area contributed by atoms with Crippen LogP contribution in [0.3, 0.4) is 0 Å². The van der Waals surface area contributed by atoms with Crippen LogP contribution in [0.2, 0.25) is 5.02 Å². The van der Waals surface area contributed by atoms with Gasteiger partial charge in [0.1, 0.15) is 18.1 Å². The van der Waals surface area contributed by atoms with Crippen molar-refractivity contribution in [1.82, 2.24) is 4.98 Å². The van der Waals surface area contributed by atoms with Gasteiger partial charge in [-0.3, -0.25) is 24.7 Å². The number of phenols is 1. The van der Waals surface area contributed by atoms with E-state index in [1.165, 1.54) is 36.4 Å². The molecule has 3 aromatic carbocycles. The first-order valence-corrected chi connectivity index (χ1v) is 16.5. The second kappa shape index (κ2) is 15.0. The van der Waals surface area contributed by atoms with Gasteiger partial charge in [-0.15, -0.1) is 0 Å². The number of halogens is 1. The second-order valence-electron chi connectivity index (χ2n) is 12.2. The normalized spacial score (nSPS) is 19.8. The Hall–Kier alpha value is -5.36. The van der Waals surface area contributed by atoms with Crippen molar-refractivity contribution in [3.8, 4) is 11.5 Å². The van der Waals surface area contributed by atoms with E-state index in [1.807, 2.05) is 36.4 Å². The van der Waals surface area contributed by atoms with E-state index in [1.54, 1.807) is 30.5 Å². The maximum atomic E-state index is 14.0. The molecule has 1 aliphatic carbocycles. The van der Waals surface area contributed by atoms with E-state index in [0.717, 1.165) is 10.5 Å². The van der Waals surface area contributed by atoms with Crippen LogP contribution in [0.15, 0.2) is 108 Å². The van der Waals surface area contributed by atoms with Gasteiger partial charge in [-0.1, -0.05) is 41.9 Å². The zero-order chi connectivity index (χ0) is 35.4. The molecule has 2 aliphatic rings. The van der Waals surface area contributed by atoms with E-state index in [4.69, 9.17) is 16.3 Å². The molecular formula is C38H34ClN3O8. The molecule has 1 aromatic heterocycles. The van der Waals surface area contributed by atoms with Crippen LogP contribution >= 0.6 is 11.6 Å². The van der Waals surface area contributed by atoms with Crippen LogP contribution < -0.4 is 9.64 Å². The van der Waals surface area contributed by atoms with Crippen LogP contribution in [0.4, 0.5) is 11.4 Å². The Balaban J connectivity index is 1.35. The van der Waals surface area contributed by atoms with Crippen LogP contribution in [-0.2, 0) is 9.59 Å². The number of nitrogens with zero attached hydrogens (tertiary/aromatic N) is 3. The summed E-state index contributed by atoms with van der Waals surface area (Å²) in [6.45, 7) is -0.531. The van der Waals surface area contributed by atoms with E-state index in [9.17, 15) is 35.0 Å². The molecule has 1 aliphatic heterocycles. The number of anilines is 1. The number of imide groups is 1. The molecule has 4 aromatic rings. The van der Waals surface area contributed by atoms with E-state index >= 15 is 0 Å². The number of pyridine rings is 1. The van der Waals surface area contributed by atoms with E-state index in [2.05, 4.69) is 4.98 Å². The SMILES string of the molecule is O=C1[C@@H]2[C@@H](CC(COc3ccccc3)=C([C@H](O)CC/C(=C/c3ccc(O)cc3Cl)c3ccccn3)[C@@H]2CO)C(=O)N1c1cccc([N+](=O)[O-])c1. The van der Waals surface area contributed by atoms with Crippen molar-refractivity contribution in [2.45, 2.75) is 25.4 Å². The Kier molecular flexibility index (Phi) is 10.4. The molecule has 2 heterocycles. The molecule has 0 bridgehead atoms. The number of fused-ring (bicyclic) bond motifs is 1. The number of phenolic OH excluding ortho intramolecular Hbond substituents is 1. The summed E-state index contributed by atoms with van der Waals surface area (Å²) < 4.78 is 6.09. The van der Waals surface area contributed by atoms with Crippen LogP contribution in [0.25, 0.3) is 11.6 Å². The topological polar surface area (TPSA) is 163 Å². The number of hydrogen-bond donors (Lipinski definition) is 3. The number of aliphatic hydroxyl groups is 2. The van der Waals surface area contributed by atoms with Crippen LogP contribution in [0.1, 0.15) is 30.5 Å². The Morgan fingerprint density at radius 2 is 1.82 bits per heavy atom. The number of benzene rings is 3. The van der Waals surface area contributed by atoms with Crippen LogP contribution in [-0.4, -0.2) is 56.4 Å². The van der Waals surface area contributed by atoms with Gasteiger partial charge in [-0.25, -0.2) is 4.90 Å². The number of amides is 2. The minimum atomic E-state index is -1.15. The number of aromatic nitrogens is 1. The number of para-hydroxylation sites is 1. The van der Waals surface area contributed by atoms with Gasteiger partial charge in [-0.05, 0) is 96.2 Å². The molecular weight excluding hydrogens is 662 g/mol. The molecule has 1 fully saturated rings. The fourth-order valence-corrected chi connectivity index (χ4v) is 7.10. The largest absolute Gasteiger partial charge is 0.508 e. The summed E-state index contributed by atoms with van der Waals surface area (Å²) in [7, 11) is 0. The number of nitro groups is 1. The molecule has 11 nitrogen and oxygen atoms in total. The van der Waals surface area contributed by atoms with Crippen molar-refractivity contribution in [1.29, 1.82) is 0 Å². The Morgan fingerprint density at radius 1 is 1.04 bits per heavy atom. The average Bonchev–Trinajstić information content (AvgIpc) is 3.38. The molecule has 12 heteroatoms. The number of non-ortho nitro benzene ring substituents is 1. The highest BCUT2D eigenvalue weighted by molar-refractivity contribution is 6.32. The molecule has 0 spiro atoms. The number of nitro benzene ring substituents is 1. The summed E-state index contributed by atoms with van der Waals surface area (Å²) in [4.78, 5) is 44.2. The van der Waals surface area contributed by atoms with Crippen molar-refractivity contribution in [3.05, 3.63) is 135 Å². The van der Waals surface area contributed by atoms with E-state index < -0.39 is 47.2 Å². The highest BCUT2D eigenvalue weighted by atomic mass is 35.5. The van der Waals surface area contributed by atoms with Crippen LogP contribution in [0.5, 0.6) is 11.5 Å². The smallest absolute Gasteiger partial charge is 0.271 e. The van der Waals surface area contributed by atoms with Crippen molar-refractivity contribution in [2.75, 3.05) is 18.1 Å². The van der Waals surface area contributed by atoms with Gasteiger partial charge < -0.3 is 20.1 Å². The minimum absolute atomic E-state index is 0.000456. The molecule has 2 amide bonds. The first-order valence-electron chi connectivity index (χ1n) is 16.1. The average molecular weight is 696 g/mol. The predicted octanol–water partition coefficient (Wildman–Crippen LogP) is 6.22. The Bertz CT molecular complexity index is 1970. The van der Waals surface area contributed by atoms with Crippen molar-refractivity contribution < 1.29 is 34.6 Å². The van der Waals surface area contributed by atoms with Gasteiger partial charge in [0.05, 0.1) is 45.9 Å². The quantitative estimate of drug-likeness (QED) is 0.0675. The number of aliphatic hydroxyl groups excluding tert-OH is 2. The molecule has 256 valence electrons. The first-order chi connectivity index (χ1) is 24.2. The molecule has 50 heavy (non-hydrogen) atoms. The summed E-state index contributed by atoms with van der Waals surface area (Å²) >= 11 is 6.42. The lowest BCUT2D eigenvalue weighted by Gasteiger charge is -2.36. The molecule has 0 radical (unpaired) electrons. The zero-order valence-corrected chi connectivity index (χ0v) is 27.5. The van der Waals surface area contributed by atoms with Gasteiger partial charge in [0.15, 0.2) is 0 Å². The molecule has 4 atom stereocenters. The Labute approximate surface area is 292 Å². The number of hydrogen-bond acceptors (Lipinski definition) is 9. The van der Waals surface area contributed by atoms with Crippen molar-refractivity contribution in [2.24, 2.45) is 17.8 Å². The lowest BCUT2D eigenvalue weighted by molar-refractivity contribution is -0.384. The van der Waals surface area contributed by atoms with E-state index in [0.29, 0.717) is 39.6 Å². The third kappa shape index (κ3) is 7.16. The number of carbonyl (C=O) groups excluding carboxylic acids is 2. The van der Waals surface area contributed by atoms with Gasteiger partial charge in [-0.2, -0.15) is 0 Å². The van der Waals surface area contributed by atoms with Gasteiger partial charge in [0.2, 0.25) is 11.8 Å². The summed E-state index contributed by atoms with van der Waals surface area (Å²) in [6.07, 6.45) is 2.89. The summed E-state index contributed by atoms with van der Waals surface area (Å²) in [5.74, 6) is -3.34. The maximum Gasteiger partial charge on any atom is 0.271 e. The highest BCUT2D eigenvalue weighted by Crippen LogP contribution is 2.48. The van der Waals surface area contributed by atoms with Gasteiger partial charge in [0.25, 0.3) is 5.69 Å². The summed E-state index contributed by atoms with van der Waals surface area (Å²) in [6, 6.07) is 24.4. The standard InChI is InChI=1S/C38H34ClN3O8/c39-32-20-28(44)14-12-23(32)17-24(33-11-4-5-16-40-33)13-15-34(45)35-25(22-50-29-9-2-1-3-10-29)18-30-36(31(35)21-43)38(47)41(37(30)46)26-7-6-8-27(19-26)42(48)49/h1-12,14,16-17,19-20,30-31,34,36,43-45H,13,15,18,21-22H2/b24-17-/t30-,31+,34-,36-/m1/s1. The third-order valence-electron chi connectivity index (χ3n) is 9.19. The lowest BCUT2D eigenvalue weighted by Crippen LogP contribution is -2.40. The molecule has 6 rings (SSSR count). The van der Waals surface area contributed by atoms with Gasteiger partial charge in [0, 0.05) is 24.2 Å². The molecule has 1 saturated heterocycles. The predicted molar refractivity (Wildman–Crippen MR) is 187 cm³/mol. The Morgan fingerprint density at radius 3 is 2.52 bits per heavy atom. The lowest BCUT2D eigenvalue weighted by atomic mass is 9.68. The van der Waals surface area contributed by atoms with Crippen molar-refractivity contribution >= 4 is 46.4 Å². The first kappa shape index (κ1) is 34.5. The number of allylic oxidation sites excluding steroid dienone is 1. The van der Waals surface area contributed by atoms with Crippen molar-refractivity contribution in [3.63, 3.8) is 0 Å². The van der Waals surface area contributed by atoms with E-state index in [-0.39, 0.29) is 36.6 Å². The molecule has 0 saturated carbocycles.